The van der Waals surface area contributed by atoms with Crippen molar-refractivity contribution in [1.82, 2.24) is 9.55 Å². The molecular formula is C29H26N6O3S. The number of carbonyl (C=O) groups is 2. The summed E-state index contributed by atoms with van der Waals surface area (Å²) in [6.45, 7) is 4.70. The minimum Gasteiger partial charge on any atom is -0.489 e. The highest BCUT2D eigenvalue weighted by Crippen LogP contribution is 2.38. The fourth-order valence-electron chi connectivity index (χ4n) is 5.22. The second-order valence-corrected chi connectivity index (χ2v) is 10.7. The van der Waals surface area contributed by atoms with Gasteiger partial charge in [0, 0.05) is 49.7 Å². The van der Waals surface area contributed by atoms with Gasteiger partial charge in [-0.05, 0) is 30.7 Å². The molecule has 4 aromatic rings. The first-order valence-electron chi connectivity index (χ1n) is 12.6. The van der Waals surface area contributed by atoms with Gasteiger partial charge in [-0.3, -0.25) is 9.59 Å². The quantitative estimate of drug-likeness (QED) is 0.299. The van der Waals surface area contributed by atoms with E-state index in [0.29, 0.717) is 28.6 Å². The minimum absolute atomic E-state index is 0.139. The van der Waals surface area contributed by atoms with Crippen LogP contribution in [-0.2, 0) is 11.8 Å². The third-order valence-corrected chi connectivity index (χ3v) is 8.26. The topological polar surface area (TPSA) is 103 Å². The number of piperazine rings is 1. The molecule has 2 aliphatic heterocycles. The summed E-state index contributed by atoms with van der Waals surface area (Å²) < 4.78 is 7.85. The summed E-state index contributed by atoms with van der Waals surface area (Å²) in [6.07, 6.45) is 1.61. The molecule has 1 unspecified atom stereocenters. The smallest absolute Gasteiger partial charge is 0.298 e. The number of fused-ring (bicyclic) bond motifs is 3. The molecule has 0 saturated carbocycles. The van der Waals surface area contributed by atoms with Crippen LogP contribution < -0.4 is 19.9 Å². The molecule has 1 fully saturated rings. The number of amides is 1. The average Bonchev–Trinajstić information content (AvgIpc) is 3.57. The molecule has 0 aliphatic carbocycles. The van der Waals surface area contributed by atoms with Crippen molar-refractivity contribution in [3.8, 4) is 22.9 Å². The van der Waals surface area contributed by atoms with Crippen LogP contribution in [0, 0.1) is 18.3 Å². The molecule has 2 aromatic carbocycles. The van der Waals surface area contributed by atoms with Crippen molar-refractivity contribution in [2.75, 3.05) is 41.4 Å². The molecule has 0 bridgehead atoms. The molecule has 4 heterocycles. The Labute approximate surface area is 229 Å². The largest absolute Gasteiger partial charge is 0.489 e. The SMILES string of the molecule is Cc1cc(-c2ccccc2)c(C(=O)C(=O)Nc2ccc3c(c2)OCC2CN(c4ncc(C#N)s4)CCN32)n1C. The van der Waals surface area contributed by atoms with E-state index in [2.05, 4.69) is 26.2 Å². The lowest BCUT2D eigenvalue weighted by atomic mass is 10.0. The number of thiazole rings is 1. The van der Waals surface area contributed by atoms with Crippen LogP contribution in [0.25, 0.3) is 11.1 Å². The fraction of sp³-hybridized carbons (Fsp3) is 0.241. The molecule has 2 aliphatic rings. The number of nitriles is 1. The number of nitrogens with zero attached hydrogens (tertiary/aromatic N) is 5. The van der Waals surface area contributed by atoms with Crippen molar-refractivity contribution in [3.05, 3.63) is 77.1 Å². The number of hydrogen-bond acceptors (Lipinski definition) is 8. The van der Waals surface area contributed by atoms with Crippen LogP contribution in [0.1, 0.15) is 21.1 Å². The number of nitrogens with one attached hydrogen (secondary N) is 1. The van der Waals surface area contributed by atoms with Crippen LogP contribution in [0.4, 0.5) is 16.5 Å². The van der Waals surface area contributed by atoms with Gasteiger partial charge in [0.1, 0.15) is 29.0 Å². The Balaban J connectivity index is 1.18. The van der Waals surface area contributed by atoms with Crippen LogP contribution in [0.5, 0.6) is 5.75 Å². The summed E-state index contributed by atoms with van der Waals surface area (Å²) in [5.74, 6) is -0.623. The molecule has 9 nitrogen and oxygen atoms in total. The van der Waals surface area contributed by atoms with Gasteiger partial charge < -0.3 is 24.4 Å². The summed E-state index contributed by atoms with van der Waals surface area (Å²) in [7, 11) is 1.79. The van der Waals surface area contributed by atoms with Gasteiger partial charge in [0.15, 0.2) is 5.13 Å². The molecule has 1 N–H and O–H groups in total. The maximum absolute atomic E-state index is 13.3. The van der Waals surface area contributed by atoms with E-state index in [1.54, 1.807) is 29.9 Å². The molecular weight excluding hydrogens is 512 g/mol. The standard InChI is InChI=1S/C29H26N6O3S/c1-18-12-23(19-6-4-3-5-7-19)26(33(18)2)27(36)28(37)32-20-8-9-24-25(13-20)38-17-21-16-34(10-11-35(21)24)29-31-15-22(14-30)39-29/h3-9,12-13,15,21H,10-11,16-17H2,1-2H3,(H,32,37). The fourth-order valence-corrected chi connectivity index (χ4v) is 5.97. The third kappa shape index (κ3) is 4.51. The van der Waals surface area contributed by atoms with Crippen molar-refractivity contribution in [2.24, 2.45) is 7.05 Å². The molecule has 1 atom stereocenters. The predicted octanol–water partition coefficient (Wildman–Crippen LogP) is 4.24. The summed E-state index contributed by atoms with van der Waals surface area (Å²) >= 11 is 1.40. The van der Waals surface area contributed by atoms with E-state index in [4.69, 9.17) is 10.00 Å². The molecule has 196 valence electrons. The molecule has 1 saturated heterocycles. The Morgan fingerprint density at radius 3 is 2.74 bits per heavy atom. The van der Waals surface area contributed by atoms with Crippen LogP contribution in [0.2, 0.25) is 0 Å². The van der Waals surface area contributed by atoms with Gasteiger partial charge in [-0.15, -0.1) is 0 Å². The first kappa shape index (κ1) is 24.7. The number of ketones is 1. The normalized spacial score (nSPS) is 16.1. The van der Waals surface area contributed by atoms with Crippen molar-refractivity contribution in [2.45, 2.75) is 13.0 Å². The van der Waals surface area contributed by atoms with E-state index in [1.165, 1.54) is 11.3 Å². The summed E-state index contributed by atoms with van der Waals surface area (Å²) in [5.41, 5.74) is 4.32. The Morgan fingerprint density at radius 2 is 1.97 bits per heavy atom. The van der Waals surface area contributed by atoms with Crippen molar-refractivity contribution in [1.29, 1.82) is 5.26 Å². The number of rotatable bonds is 5. The molecule has 10 heteroatoms. The second kappa shape index (κ2) is 9.93. The van der Waals surface area contributed by atoms with Crippen LogP contribution >= 0.6 is 11.3 Å². The third-order valence-electron chi connectivity index (χ3n) is 7.29. The number of aryl methyl sites for hydroxylation is 1. The Kier molecular flexibility index (Phi) is 6.29. The molecule has 1 amide bonds. The number of Topliss-reactive ketones (excluding diaryl/α,β-unsaturated/α-hetero) is 1. The van der Waals surface area contributed by atoms with E-state index in [9.17, 15) is 9.59 Å². The van der Waals surface area contributed by atoms with E-state index in [-0.39, 0.29) is 6.04 Å². The number of ether oxygens (including phenoxy) is 1. The molecule has 2 aromatic heterocycles. The zero-order valence-electron chi connectivity index (χ0n) is 21.5. The van der Waals surface area contributed by atoms with Gasteiger partial charge in [0.05, 0.1) is 17.9 Å². The van der Waals surface area contributed by atoms with Crippen LogP contribution in [0.3, 0.4) is 0 Å². The number of carbonyl (C=O) groups excluding carboxylic acids is 2. The zero-order chi connectivity index (χ0) is 27.1. The zero-order valence-corrected chi connectivity index (χ0v) is 22.4. The lowest BCUT2D eigenvalue weighted by Gasteiger charge is -2.45. The Bertz CT molecular complexity index is 1620. The highest BCUT2D eigenvalue weighted by Gasteiger charge is 2.34. The number of benzene rings is 2. The van der Waals surface area contributed by atoms with E-state index < -0.39 is 11.7 Å². The van der Waals surface area contributed by atoms with Gasteiger partial charge in [-0.25, -0.2) is 4.98 Å². The Morgan fingerprint density at radius 1 is 1.15 bits per heavy atom. The van der Waals surface area contributed by atoms with Crippen LogP contribution in [-0.4, -0.2) is 53.5 Å². The van der Waals surface area contributed by atoms with E-state index in [0.717, 1.165) is 47.3 Å². The van der Waals surface area contributed by atoms with Gasteiger partial charge in [-0.1, -0.05) is 41.7 Å². The number of hydrogen-bond donors (Lipinski definition) is 1. The first-order valence-corrected chi connectivity index (χ1v) is 13.5. The summed E-state index contributed by atoms with van der Waals surface area (Å²) in [4.78, 5) is 35.9. The highest BCUT2D eigenvalue weighted by molar-refractivity contribution is 7.16. The highest BCUT2D eigenvalue weighted by atomic mass is 32.1. The maximum atomic E-state index is 13.3. The second-order valence-electron chi connectivity index (χ2n) is 9.66. The average molecular weight is 539 g/mol. The summed E-state index contributed by atoms with van der Waals surface area (Å²) in [5, 5.41) is 12.7. The molecule has 6 rings (SSSR count). The monoisotopic (exact) mass is 538 g/mol. The van der Waals surface area contributed by atoms with Crippen LogP contribution in [0.15, 0.2) is 60.8 Å². The van der Waals surface area contributed by atoms with E-state index in [1.807, 2.05) is 49.4 Å². The first-order chi connectivity index (χ1) is 18.9. The maximum Gasteiger partial charge on any atom is 0.298 e. The predicted molar refractivity (Wildman–Crippen MR) is 151 cm³/mol. The Hall–Kier alpha value is -4.62. The van der Waals surface area contributed by atoms with Crippen molar-refractivity contribution >= 4 is 39.5 Å². The molecule has 0 radical (unpaired) electrons. The minimum atomic E-state index is -0.698. The molecule has 39 heavy (non-hydrogen) atoms. The lowest BCUT2D eigenvalue weighted by molar-refractivity contribution is -0.112. The van der Waals surface area contributed by atoms with Crippen molar-refractivity contribution < 1.29 is 14.3 Å². The van der Waals surface area contributed by atoms with Gasteiger partial charge in [0.25, 0.3) is 11.7 Å². The van der Waals surface area contributed by atoms with E-state index >= 15 is 0 Å². The van der Waals surface area contributed by atoms with Crippen molar-refractivity contribution in [3.63, 3.8) is 0 Å². The van der Waals surface area contributed by atoms with Gasteiger partial charge >= 0.3 is 0 Å². The van der Waals surface area contributed by atoms with Gasteiger partial charge in [0.2, 0.25) is 0 Å². The summed E-state index contributed by atoms with van der Waals surface area (Å²) in [6, 6.07) is 19.3. The number of anilines is 3. The molecule has 0 spiro atoms. The number of aromatic nitrogens is 2. The lowest BCUT2D eigenvalue weighted by Crippen LogP contribution is -2.57. The van der Waals surface area contributed by atoms with Gasteiger partial charge in [-0.2, -0.15) is 5.26 Å².